The number of hydrogen-bond donors (Lipinski definition) is 0. The summed E-state index contributed by atoms with van der Waals surface area (Å²) in [6.45, 7) is 1.95. The Kier molecular flexibility index (Phi) is 2.59. The Morgan fingerprint density at radius 2 is 2.16 bits per heavy atom. The van der Waals surface area contributed by atoms with Crippen LogP contribution in [0, 0.1) is 12.8 Å². The molecule has 1 aliphatic rings. The molecular weight excluding hydrogens is 240 g/mol. The number of rotatable bonds is 2. The molecule has 19 heavy (non-hydrogen) atoms. The van der Waals surface area contributed by atoms with Crippen molar-refractivity contribution in [3.05, 3.63) is 52.8 Å². The number of aromatic nitrogens is 2. The molecule has 1 aromatic carbocycles. The van der Waals surface area contributed by atoms with Crippen molar-refractivity contribution >= 4 is 11.6 Å². The van der Waals surface area contributed by atoms with Crippen LogP contribution in [-0.2, 0) is 13.5 Å². The zero-order valence-corrected chi connectivity index (χ0v) is 10.9. The number of aryl methyl sites for hydroxylation is 2. The van der Waals surface area contributed by atoms with Gasteiger partial charge in [0.05, 0.1) is 5.92 Å². The highest BCUT2D eigenvalue weighted by molar-refractivity contribution is 6.18. The second kappa shape index (κ2) is 4.16. The molecule has 0 saturated carbocycles. The Morgan fingerprint density at radius 3 is 2.84 bits per heavy atom. The molecule has 0 amide bonds. The Balaban J connectivity index is 1.94. The highest BCUT2D eigenvalue weighted by atomic mass is 16.2. The zero-order valence-electron chi connectivity index (χ0n) is 10.9. The van der Waals surface area contributed by atoms with E-state index < -0.39 is 5.92 Å². The van der Waals surface area contributed by atoms with E-state index in [1.165, 1.54) is 0 Å². The van der Waals surface area contributed by atoms with Crippen molar-refractivity contribution in [1.29, 1.82) is 0 Å². The van der Waals surface area contributed by atoms with Gasteiger partial charge in [0.2, 0.25) is 0 Å². The van der Waals surface area contributed by atoms with Gasteiger partial charge in [0.15, 0.2) is 11.6 Å². The van der Waals surface area contributed by atoms with Gasteiger partial charge in [0.1, 0.15) is 5.69 Å². The van der Waals surface area contributed by atoms with Crippen LogP contribution in [0.25, 0.3) is 0 Å². The predicted molar refractivity (Wildman–Crippen MR) is 70.2 cm³/mol. The Hall–Kier alpha value is -2.23. The summed E-state index contributed by atoms with van der Waals surface area (Å²) in [6.07, 6.45) is 2.20. The summed E-state index contributed by atoms with van der Waals surface area (Å²) in [5.74, 6) is -0.861. The Morgan fingerprint density at radius 1 is 1.37 bits per heavy atom. The topological polar surface area (TPSA) is 52.0 Å². The predicted octanol–water partition coefficient (Wildman–Crippen LogP) is 1.97. The van der Waals surface area contributed by atoms with Crippen LogP contribution < -0.4 is 0 Å². The molecule has 1 unspecified atom stereocenters. The Labute approximate surface area is 111 Å². The van der Waals surface area contributed by atoms with Gasteiger partial charge in [-0.15, -0.1) is 0 Å². The molecule has 2 aromatic rings. The van der Waals surface area contributed by atoms with Gasteiger partial charge < -0.3 is 0 Å². The average Bonchev–Trinajstić information content (AvgIpc) is 2.94. The van der Waals surface area contributed by atoms with Crippen LogP contribution in [0.2, 0.25) is 0 Å². The maximum absolute atomic E-state index is 12.3. The van der Waals surface area contributed by atoms with E-state index in [1.807, 2.05) is 25.1 Å². The number of carbonyl (C=O) groups is 2. The van der Waals surface area contributed by atoms with Crippen LogP contribution in [0.5, 0.6) is 0 Å². The van der Waals surface area contributed by atoms with Crippen molar-refractivity contribution < 1.29 is 9.59 Å². The summed E-state index contributed by atoms with van der Waals surface area (Å²) >= 11 is 0. The van der Waals surface area contributed by atoms with Gasteiger partial charge in [-0.1, -0.05) is 17.7 Å². The monoisotopic (exact) mass is 254 g/mol. The lowest BCUT2D eigenvalue weighted by Crippen LogP contribution is -2.21. The van der Waals surface area contributed by atoms with Crippen molar-refractivity contribution in [2.45, 2.75) is 13.3 Å². The lowest BCUT2D eigenvalue weighted by Gasteiger charge is -2.03. The van der Waals surface area contributed by atoms with Crippen molar-refractivity contribution in [2.75, 3.05) is 0 Å². The van der Waals surface area contributed by atoms with Crippen LogP contribution in [0.15, 0.2) is 30.5 Å². The molecule has 4 nitrogen and oxygen atoms in total. The second-order valence-electron chi connectivity index (χ2n) is 5.02. The summed E-state index contributed by atoms with van der Waals surface area (Å²) in [6, 6.07) is 7.43. The number of Topliss-reactive ketones (excluding diaryl/α,β-unsaturated/α-hetero) is 2. The van der Waals surface area contributed by atoms with E-state index in [-0.39, 0.29) is 11.6 Å². The third-order valence-corrected chi connectivity index (χ3v) is 3.55. The van der Waals surface area contributed by atoms with E-state index in [9.17, 15) is 9.59 Å². The molecule has 1 atom stereocenters. The van der Waals surface area contributed by atoms with Crippen molar-refractivity contribution in [3.63, 3.8) is 0 Å². The summed E-state index contributed by atoms with van der Waals surface area (Å²) in [5, 5.41) is 4.08. The maximum Gasteiger partial charge on any atom is 0.194 e. The zero-order chi connectivity index (χ0) is 13.6. The van der Waals surface area contributed by atoms with Gasteiger partial charge in [0.25, 0.3) is 0 Å². The SMILES string of the molecule is Cc1ccc2c(c1)C(=O)C(C(=O)c1ccn(C)n1)C2. The number of ketones is 2. The first-order valence-electron chi connectivity index (χ1n) is 6.24. The molecule has 96 valence electrons. The molecular formula is C15H14N2O2. The van der Waals surface area contributed by atoms with Crippen LogP contribution in [0.4, 0.5) is 0 Å². The standard InChI is InChI=1S/C15H14N2O2/c1-9-3-4-10-8-12(14(18)11(10)7-9)15(19)13-5-6-17(2)16-13/h3-7,12H,8H2,1-2H3. The number of fused-ring (bicyclic) bond motifs is 1. The number of hydrogen-bond acceptors (Lipinski definition) is 3. The van der Waals surface area contributed by atoms with Crippen molar-refractivity contribution in [3.8, 4) is 0 Å². The summed E-state index contributed by atoms with van der Waals surface area (Å²) in [4.78, 5) is 24.6. The van der Waals surface area contributed by atoms with Gasteiger partial charge in [-0.2, -0.15) is 5.10 Å². The molecule has 0 saturated heterocycles. The fourth-order valence-electron chi connectivity index (χ4n) is 2.53. The lowest BCUT2D eigenvalue weighted by atomic mass is 9.97. The van der Waals surface area contributed by atoms with E-state index in [4.69, 9.17) is 0 Å². The third kappa shape index (κ3) is 1.89. The smallest absolute Gasteiger partial charge is 0.194 e. The molecule has 0 bridgehead atoms. The van der Waals surface area contributed by atoms with Gasteiger partial charge in [-0.05, 0) is 31.0 Å². The molecule has 0 N–H and O–H groups in total. The van der Waals surface area contributed by atoms with Gasteiger partial charge in [-0.3, -0.25) is 14.3 Å². The third-order valence-electron chi connectivity index (χ3n) is 3.55. The quantitative estimate of drug-likeness (QED) is 0.608. The van der Waals surface area contributed by atoms with Crippen molar-refractivity contribution in [2.24, 2.45) is 13.0 Å². The summed E-state index contributed by atoms with van der Waals surface area (Å²) < 4.78 is 1.57. The molecule has 0 fully saturated rings. The average molecular weight is 254 g/mol. The molecule has 0 spiro atoms. The molecule has 1 aliphatic carbocycles. The summed E-state index contributed by atoms with van der Waals surface area (Å²) in [5.41, 5.74) is 3.06. The van der Waals surface area contributed by atoms with E-state index in [0.717, 1.165) is 11.1 Å². The van der Waals surface area contributed by atoms with Gasteiger partial charge in [-0.25, -0.2) is 0 Å². The van der Waals surface area contributed by atoms with Crippen LogP contribution in [0.3, 0.4) is 0 Å². The minimum absolute atomic E-state index is 0.0747. The van der Waals surface area contributed by atoms with E-state index in [0.29, 0.717) is 17.7 Å². The molecule has 4 heteroatoms. The van der Waals surface area contributed by atoms with Crippen molar-refractivity contribution in [1.82, 2.24) is 9.78 Å². The normalized spacial score (nSPS) is 17.6. The van der Waals surface area contributed by atoms with Gasteiger partial charge in [0, 0.05) is 18.8 Å². The van der Waals surface area contributed by atoms with E-state index in [2.05, 4.69) is 5.10 Å². The molecule has 1 heterocycles. The first kappa shape index (κ1) is 11.8. The first-order chi connectivity index (χ1) is 9.06. The molecule has 0 radical (unpaired) electrons. The highest BCUT2D eigenvalue weighted by Crippen LogP contribution is 2.29. The first-order valence-corrected chi connectivity index (χ1v) is 6.24. The fourth-order valence-corrected chi connectivity index (χ4v) is 2.53. The second-order valence-corrected chi connectivity index (χ2v) is 5.02. The number of carbonyl (C=O) groups excluding carboxylic acids is 2. The van der Waals surface area contributed by atoms with Crippen LogP contribution in [-0.4, -0.2) is 21.3 Å². The highest BCUT2D eigenvalue weighted by Gasteiger charge is 2.36. The van der Waals surface area contributed by atoms with Gasteiger partial charge >= 0.3 is 0 Å². The van der Waals surface area contributed by atoms with E-state index >= 15 is 0 Å². The Bertz CT molecular complexity index is 677. The molecule has 3 rings (SSSR count). The number of benzene rings is 1. The molecule has 1 aromatic heterocycles. The van der Waals surface area contributed by atoms with E-state index in [1.54, 1.807) is 24.0 Å². The minimum atomic E-state index is -0.605. The maximum atomic E-state index is 12.3. The minimum Gasteiger partial charge on any atom is -0.293 e. The number of nitrogens with zero attached hydrogens (tertiary/aromatic N) is 2. The summed E-state index contributed by atoms with van der Waals surface area (Å²) in [7, 11) is 1.76. The lowest BCUT2D eigenvalue weighted by molar-refractivity contribution is 0.0818. The van der Waals surface area contributed by atoms with Crippen LogP contribution >= 0.6 is 0 Å². The largest absolute Gasteiger partial charge is 0.293 e. The van der Waals surface area contributed by atoms with Crippen LogP contribution in [0.1, 0.15) is 32.0 Å². The fraction of sp³-hybridized carbons (Fsp3) is 0.267. The molecule has 0 aliphatic heterocycles.